The Bertz CT molecular complexity index is 1250. The number of thiazole rings is 1. The van der Waals surface area contributed by atoms with E-state index in [1.807, 2.05) is 30.5 Å². The van der Waals surface area contributed by atoms with Crippen LogP contribution in [0.3, 0.4) is 0 Å². The zero-order valence-electron chi connectivity index (χ0n) is 17.9. The molecule has 0 radical (unpaired) electrons. The highest BCUT2D eigenvalue weighted by Gasteiger charge is 2.31. The summed E-state index contributed by atoms with van der Waals surface area (Å²) in [6, 6.07) is 16.4. The number of amides is 1. The molecule has 2 heterocycles. The quantitative estimate of drug-likeness (QED) is 0.334. The Hall–Kier alpha value is -3.04. The molecule has 0 spiro atoms. The monoisotopic (exact) mass is 479 g/mol. The highest BCUT2D eigenvalue weighted by molar-refractivity contribution is 8.00. The van der Waals surface area contributed by atoms with E-state index in [0.29, 0.717) is 23.3 Å². The minimum absolute atomic E-state index is 0.151. The molecule has 2 aromatic carbocycles. The number of hydrogen-bond donors (Lipinski definition) is 1. The number of thioether (sulfide) groups is 1. The predicted octanol–water partition coefficient (Wildman–Crippen LogP) is 5.59. The predicted molar refractivity (Wildman–Crippen MR) is 129 cm³/mol. The summed E-state index contributed by atoms with van der Waals surface area (Å²) in [5, 5.41) is 14.5. The number of rotatable bonds is 8. The number of halogens is 1. The number of nitrogens with one attached hydrogen (secondary N) is 1. The van der Waals surface area contributed by atoms with Crippen molar-refractivity contribution in [2.75, 3.05) is 5.32 Å². The largest absolute Gasteiger partial charge is 0.301 e. The fourth-order valence-corrected chi connectivity index (χ4v) is 5.03. The average Bonchev–Trinajstić information content (AvgIpc) is 3.44. The fourth-order valence-electron chi connectivity index (χ4n) is 3.45. The van der Waals surface area contributed by atoms with Crippen LogP contribution in [0.4, 0.5) is 9.52 Å². The van der Waals surface area contributed by atoms with Crippen molar-refractivity contribution in [1.29, 1.82) is 0 Å². The Morgan fingerprint density at radius 1 is 1.18 bits per heavy atom. The van der Waals surface area contributed by atoms with Crippen LogP contribution in [-0.2, 0) is 11.3 Å². The van der Waals surface area contributed by atoms with Gasteiger partial charge in [0.2, 0.25) is 5.91 Å². The minimum atomic E-state index is -0.381. The number of benzene rings is 2. The number of carbonyl (C=O) groups excluding carboxylic acids is 1. The number of aromatic nitrogens is 4. The number of carbonyl (C=O) groups is 1. The molecule has 1 amide bonds. The summed E-state index contributed by atoms with van der Waals surface area (Å²) in [6.07, 6.45) is 2.27. The van der Waals surface area contributed by atoms with Gasteiger partial charge in [0, 0.05) is 16.9 Å². The van der Waals surface area contributed by atoms with Crippen LogP contribution in [0.2, 0.25) is 0 Å². The third-order valence-electron chi connectivity index (χ3n) is 5.40. The van der Waals surface area contributed by atoms with Crippen molar-refractivity contribution in [3.8, 4) is 11.3 Å². The molecule has 168 valence electrons. The number of nitrogens with zero attached hydrogens (tertiary/aromatic N) is 4. The van der Waals surface area contributed by atoms with Gasteiger partial charge in [0.15, 0.2) is 10.3 Å². The van der Waals surface area contributed by atoms with Gasteiger partial charge in [-0.15, -0.1) is 21.5 Å². The standard InChI is InChI=1S/C24H22FN5OS2/c1-15(22(31)27-23-26-20(14-32-23)17-9-11-19(25)12-10-17)33-24-29-28-21(18-7-8-18)30(24)13-16-5-3-2-4-6-16/h2-6,9-12,14-15,18H,7-8,13H2,1H3,(H,26,27,31). The third kappa shape index (κ3) is 5.15. The van der Waals surface area contributed by atoms with Crippen LogP contribution < -0.4 is 5.32 Å². The lowest BCUT2D eigenvalue weighted by molar-refractivity contribution is -0.115. The second-order valence-corrected chi connectivity index (χ2v) is 10.1. The zero-order valence-corrected chi connectivity index (χ0v) is 19.6. The fraction of sp³-hybridized carbons (Fsp3) is 0.250. The van der Waals surface area contributed by atoms with Crippen LogP contribution in [0.1, 0.15) is 37.1 Å². The molecule has 4 aromatic rings. The molecule has 1 fully saturated rings. The molecule has 1 saturated carbocycles. The summed E-state index contributed by atoms with van der Waals surface area (Å²) < 4.78 is 15.3. The van der Waals surface area contributed by atoms with E-state index >= 15 is 0 Å². The van der Waals surface area contributed by atoms with Crippen LogP contribution in [-0.4, -0.2) is 30.9 Å². The van der Waals surface area contributed by atoms with Crippen molar-refractivity contribution in [1.82, 2.24) is 19.7 Å². The molecule has 6 nitrogen and oxygen atoms in total. The van der Waals surface area contributed by atoms with Gasteiger partial charge in [0.05, 0.1) is 17.5 Å². The summed E-state index contributed by atoms with van der Waals surface area (Å²) in [6.45, 7) is 2.54. The number of anilines is 1. The van der Waals surface area contributed by atoms with Crippen molar-refractivity contribution in [3.63, 3.8) is 0 Å². The summed E-state index contributed by atoms with van der Waals surface area (Å²) in [5.41, 5.74) is 2.68. The first-order valence-electron chi connectivity index (χ1n) is 10.7. The molecule has 1 N–H and O–H groups in total. The van der Waals surface area contributed by atoms with Crippen molar-refractivity contribution in [3.05, 3.63) is 77.2 Å². The lowest BCUT2D eigenvalue weighted by Crippen LogP contribution is -2.23. The molecule has 1 aliphatic carbocycles. The van der Waals surface area contributed by atoms with Crippen molar-refractivity contribution in [2.45, 2.75) is 42.6 Å². The first-order chi connectivity index (χ1) is 16.1. The summed E-state index contributed by atoms with van der Waals surface area (Å²) in [7, 11) is 0. The Balaban J connectivity index is 1.27. The van der Waals surface area contributed by atoms with Crippen molar-refractivity contribution < 1.29 is 9.18 Å². The maximum atomic E-state index is 13.2. The van der Waals surface area contributed by atoms with Crippen LogP contribution in [0, 0.1) is 5.82 Å². The maximum absolute atomic E-state index is 13.2. The van der Waals surface area contributed by atoms with Gasteiger partial charge < -0.3 is 9.88 Å². The topological polar surface area (TPSA) is 72.7 Å². The SMILES string of the molecule is CC(Sc1nnc(C2CC2)n1Cc1ccccc1)C(=O)Nc1nc(-c2ccc(F)cc2)cs1. The number of hydrogen-bond acceptors (Lipinski definition) is 6. The molecular weight excluding hydrogens is 457 g/mol. The molecule has 33 heavy (non-hydrogen) atoms. The smallest absolute Gasteiger partial charge is 0.239 e. The van der Waals surface area contributed by atoms with Crippen LogP contribution in [0.5, 0.6) is 0 Å². The maximum Gasteiger partial charge on any atom is 0.239 e. The summed E-state index contributed by atoms with van der Waals surface area (Å²) >= 11 is 2.74. The van der Waals surface area contributed by atoms with Crippen LogP contribution in [0.15, 0.2) is 65.1 Å². The van der Waals surface area contributed by atoms with E-state index in [0.717, 1.165) is 29.4 Å². The Labute approximate surface area is 199 Å². The van der Waals surface area contributed by atoms with Crippen LogP contribution in [0.25, 0.3) is 11.3 Å². The van der Waals surface area contributed by atoms with Crippen LogP contribution >= 0.6 is 23.1 Å². The van der Waals surface area contributed by atoms with E-state index in [1.165, 1.54) is 40.8 Å². The summed E-state index contributed by atoms with van der Waals surface area (Å²) in [4.78, 5) is 17.3. The molecule has 1 aliphatic rings. The molecule has 1 atom stereocenters. The van der Waals surface area contributed by atoms with Gasteiger partial charge in [0.1, 0.15) is 11.6 Å². The lowest BCUT2D eigenvalue weighted by atomic mass is 10.2. The Morgan fingerprint density at radius 3 is 2.67 bits per heavy atom. The molecule has 5 rings (SSSR count). The first-order valence-corrected chi connectivity index (χ1v) is 12.5. The Morgan fingerprint density at radius 2 is 1.94 bits per heavy atom. The zero-order chi connectivity index (χ0) is 22.8. The summed E-state index contributed by atoms with van der Waals surface area (Å²) in [5.74, 6) is 1.01. The van der Waals surface area contributed by atoms with E-state index < -0.39 is 0 Å². The second kappa shape index (κ2) is 9.44. The molecule has 2 aromatic heterocycles. The molecular formula is C24H22FN5OS2. The average molecular weight is 480 g/mol. The van der Waals surface area contributed by atoms with E-state index in [4.69, 9.17) is 0 Å². The van der Waals surface area contributed by atoms with Gasteiger partial charge in [-0.3, -0.25) is 4.79 Å². The van der Waals surface area contributed by atoms with Gasteiger partial charge in [-0.05, 0) is 49.6 Å². The van der Waals surface area contributed by atoms with E-state index in [2.05, 4.69) is 37.2 Å². The molecule has 9 heteroatoms. The van der Waals surface area contributed by atoms with Gasteiger partial charge in [0.25, 0.3) is 0 Å². The van der Waals surface area contributed by atoms with Crippen molar-refractivity contribution >= 4 is 34.1 Å². The highest BCUT2D eigenvalue weighted by Crippen LogP contribution is 2.40. The normalized spacial score (nSPS) is 14.2. The highest BCUT2D eigenvalue weighted by atomic mass is 32.2. The van der Waals surface area contributed by atoms with Gasteiger partial charge >= 0.3 is 0 Å². The molecule has 0 saturated heterocycles. The minimum Gasteiger partial charge on any atom is -0.301 e. The lowest BCUT2D eigenvalue weighted by Gasteiger charge is -2.13. The van der Waals surface area contributed by atoms with Gasteiger partial charge in [-0.2, -0.15) is 0 Å². The molecule has 1 unspecified atom stereocenters. The second-order valence-electron chi connectivity index (χ2n) is 7.98. The van der Waals surface area contributed by atoms with E-state index in [9.17, 15) is 9.18 Å². The molecule has 0 aliphatic heterocycles. The third-order valence-corrected chi connectivity index (χ3v) is 7.24. The van der Waals surface area contributed by atoms with E-state index in [1.54, 1.807) is 12.1 Å². The molecule has 0 bridgehead atoms. The van der Waals surface area contributed by atoms with Gasteiger partial charge in [-0.25, -0.2) is 9.37 Å². The first kappa shape index (κ1) is 21.8. The van der Waals surface area contributed by atoms with Crippen molar-refractivity contribution in [2.24, 2.45) is 0 Å². The van der Waals surface area contributed by atoms with E-state index in [-0.39, 0.29) is 17.0 Å². The van der Waals surface area contributed by atoms with Gasteiger partial charge in [-0.1, -0.05) is 42.1 Å². The Kier molecular flexibility index (Phi) is 6.24.